The van der Waals surface area contributed by atoms with Crippen LogP contribution in [0.15, 0.2) is 48.5 Å². The number of ether oxygens (including phenoxy) is 2. The molecule has 2 aromatic rings. The fraction of sp³-hybridized carbons (Fsp3) is 0.409. The van der Waals surface area contributed by atoms with E-state index in [1.54, 1.807) is 18.2 Å². The maximum Gasteiger partial charge on any atom is 0.255 e. The number of hydrogen-bond donors (Lipinski definition) is 1. The van der Waals surface area contributed by atoms with Crippen molar-refractivity contribution in [2.75, 3.05) is 26.2 Å². The monoisotopic (exact) mass is 384 g/mol. The predicted molar refractivity (Wildman–Crippen MR) is 104 cm³/mol. The van der Waals surface area contributed by atoms with E-state index in [4.69, 9.17) is 9.47 Å². The summed E-state index contributed by atoms with van der Waals surface area (Å²) in [6, 6.07) is 14.0. The van der Waals surface area contributed by atoms with Gasteiger partial charge < -0.3 is 14.8 Å². The van der Waals surface area contributed by atoms with Gasteiger partial charge in [0.2, 0.25) is 0 Å². The van der Waals surface area contributed by atoms with Crippen molar-refractivity contribution in [2.24, 2.45) is 0 Å². The number of nitrogens with zero attached hydrogens (tertiary/aromatic N) is 1. The lowest BCUT2D eigenvalue weighted by molar-refractivity contribution is -0.000373. The topological polar surface area (TPSA) is 50.8 Å². The van der Waals surface area contributed by atoms with E-state index in [-0.39, 0.29) is 23.9 Å². The highest BCUT2D eigenvalue weighted by molar-refractivity contribution is 5.96. The van der Waals surface area contributed by atoms with E-state index >= 15 is 0 Å². The molecule has 1 fully saturated rings. The Labute approximate surface area is 164 Å². The summed E-state index contributed by atoms with van der Waals surface area (Å²) in [7, 11) is 0. The average Bonchev–Trinajstić information content (AvgIpc) is 3.05. The number of rotatable bonds is 2. The normalized spacial score (nSPS) is 23.5. The molecule has 4 rings (SSSR count). The predicted octanol–water partition coefficient (Wildman–Crippen LogP) is 3.00. The first-order chi connectivity index (χ1) is 13.7. The SMILES string of the molecule is O=C1NCCCCO[C@H]2CN(Cc3cccc(F)c3)C[C@H]2Oc2ccccc21. The molecule has 2 atom stereocenters. The number of likely N-dealkylation sites (tertiary alicyclic amines) is 1. The zero-order valence-corrected chi connectivity index (χ0v) is 15.8. The Morgan fingerprint density at radius 2 is 1.93 bits per heavy atom. The number of carbonyl (C=O) groups excluding carboxylic acids is 1. The van der Waals surface area contributed by atoms with Crippen molar-refractivity contribution in [1.82, 2.24) is 10.2 Å². The zero-order valence-electron chi connectivity index (χ0n) is 15.8. The van der Waals surface area contributed by atoms with Gasteiger partial charge in [-0.2, -0.15) is 0 Å². The van der Waals surface area contributed by atoms with Gasteiger partial charge in [0.25, 0.3) is 5.91 Å². The van der Waals surface area contributed by atoms with Crippen LogP contribution in [0.4, 0.5) is 4.39 Å². The minimum atomic E-state index is -0.226. The number of nitrogens with one attached hydrogen (secondary N) is 1. The number of benzene rings is 2. The van der Waals surface area contributed by atoms with Gasteiger partial charge in [-0.15, -0.1) is 0 Å². The van der Waals surface area contributed by atoms with E-state index in [2.05, 4.69) is 10.2 Å². The Morgan fingerprint density at radius 1 is 1.07 bits per heavy atom. The van der Waals surface area contributed by atoms with Gasteiger partial charge in [-0.3, -0.25) is 9.69 Å². The number of fused-ring (bicyclic) bond motifs is 2. The smallest absolute Gasteiger partial charge is 0.255 e. The second-order valence-corrected chi connectivity index (χ2v) is 7.35. The van der Waals surface area contributed by atoms with E-state index in [1.807, 2.05) is 24.3 Å². The molecule has 28 heavy (non-hydrogen) atoms. The van der Waals surface area contributed by atoms with Crippen molar-refractivity contribution in [1.29, 1.82) is 0 Å². The highest BCUT2D eigenvalue weighted by atomic mass is 19.1. The molecule has 2 aliphatic heterocycles. The summed E-state index contributed by atoms with van der Waals surface area (Å²) < 4.78 is 25.9. The van der Waals surface area contributed by atoms with Crippen molar-refractivity contribution >= 4 is 5.91 Å². The van der Waals surface area contributed by atoms with Crippen LogP contribution in [0.5, 0.6) is 5.75 Å². The fourth-order valence-electron chi connectivity index (χ4n) is 3.79. The lowest BCUT2D eigenvalue weighted by Gasteiger charge is -2.23. The van der Waals surface area contributed by atoms with Gasteiger partial charge >= 0.3 is 0 Å². The molecular formula is C22H25FN2O3. The van der Waals surface area contributed by atoms with E-state index < -0.39 is 0 Å². The van der Waals surface area contributed by atoms with Crippen LogP contribution in [0, 0.1) is 5.82 Å². The van der Waals surface area contributed by atoms with Gasteiger partial charge in [0, 0.05) is 32.8 Å². The summed E-state index contributed by atoms with van der Waals surface area (Å²) in [6.45, 7) is 3.28. The fourth-order valence-corrected chi connectivity index (χ4v) is 3.79. The third-order valence-corrected chi connectivity index (χ3v) is 5.18. The second-order valence-electron chi connectivity index (χ2n) is 7.35. The third kappa shape index (κ3) is 4.51. The molecule has 6 heteroatoms. The summed E-state index contributed by atoms with van der Waals surface area (Å²) >= 11 is 0. The molecule has 0 unspecified atom stereocenters. The molecule has 0 aliphatic carbocycles. The summed E-state index contributed by atoms with van der Waals surface area (Å²) in [4.78, 5) is 14.7. The largest absolute Gasteiger partial charge is 0.485 e. The molecule has 1 N–H and O–H groups in total. The number of halogens is 1. The van der Waals surface area contributed by atoms with Gasteiger partial charge in [0.05, 0.1) is 5.56 Å². The molecule has 0 aromatic heterocycles. The second kappa shape index (κ2) is 8.71. The lowest BCUT2D eigenvalue weighted by Crippen LogP contribution is -2.34. The summed E-state index contributed by atoms with van der Waals surface area (Å²) in [5.74, 6) is 0.241. The highest BCUT2D eigenvalue weighted by Gasteiger charge is 2.36. The van der Waals surface area contributed by atoms with E-state index in [9.17, 15) is 9.18 Å². The first kappa shape index (κ1) is 18.9. The van der Waals surface area contributed by atoms with E-state index in [0.717, 1.165) is 24.9 Å². The molecule has 1 amide bonds. The molecular weight excluding hydrogens is 359 g/mol. The first-order valence-corrected chi connectivity index (χ1v) is 9.81. The van der Waals surface area contributed by atoms with Crippen molar-refractivity contribution in [2.45, 2.75) is 31.6 Å². The van der Waals surface area contributed by atoms with E-state index in [0.29, 0.717) is 37.6 Å². The van der Waals surface area contributed by atoms with Crippen LogP contribution < -0.4 is 10.1 Å². The summed E-state index contributed by atoms with van der Waals surface area (Å²) in [6.07, 6.45) is 1.50. The maximum absolute atomic E-state index is 13.5. The van der Waals surface area contributed by atoms with Crippen LogP contribution in [-0.2, 0) is 11.3 Å². The van der Waals surface area contributed by atoms with Crippen molar-refractivity contribution < 1.29 is 18.7 Å². The average molecular weight is 384 g/mol. The van der Waals surface area contributed by atoms with Crippen molar-refractivity contribution in [3.63, 3.8) is 0 Å². The Bertz CT molecular complexity index is 829. The molecule has 0 bridgehead atoms. The molecule has 5 nitrogen and oxygen atoms in total. The number of carbonyl (C=O) groups is 1. The summed E-state index contributed by atoms with van der Waals surface area (Å²) in [5, 5.41) is 2.94. The Hall–Kier alpha value is -2.44. The molecule has 2 aromatic carbocycles. The maximum atomic E-state index is 13.5. The van der Waals surface area contributed by atoms with Gasteiger partial charge in [-0.1, -0.05) is 24.3 Å². The molecule has 1 saturated heterocycles. The van der Waals surface area contributed by atoms with Crippen LogP contribution in [0.25, 0.3) is 0 Å². The molecule has 148 valence electrons. The molecule has 0 saturated carbocycles. The molecule has 0 spiro atoms. The lowest BCUT2D eigenvalue weighted by atomic mass is 10.1. The van der Waals surface area contributed by atoms with E-state index in [1.165, 1.54) is 6.07 Å². The third-order valence-electron chi connectivity index (χ3n) is 5.18. The Kier molecular flexibility index (Phi) is 5.88. The van der Waals surface area contributed by atoms with Gasteiger partial charge in [-0.25, -0.2) is 4.39 Å². The zero-order chi connectivity index (χ0) is 19.3. The molecule has 2 heterocycles. The van der Waals surface area contributed by atoms with Crippen LogP contribution in [0.3, 0.4) is 0 Å². The minimum absolute atomic E-state index is 0.0795. The van der Waals surface area contributed by atoms with Crippen LogP contribution in [-0.4, -0.2) is 49.3 Å². The van der Waals surface area contributed by atoms with Gasteiger partial charge in [0.15, 0.2) is 0 Å². The standard InChI is InChI=1S/C22H25FN2O3/c23-17-7-5-6-16(12-17)13-25-14-20-21(15-25)28-19-9-2-1-8-18(19)22(26)24-10-3-4-11-27-20/h1-2,5-9,12,20-21H,3-4,10-11,13-15H2,(H,24,26)/t20-,21+/m0/s1. The number of amides is 1. The van der Waals surface area contributed by atoms with Crippen LogP contribution >= 0.6 is 0 Å². The van der Waals surface area contributed by atoms with Crippen LogP contribution in [0.1, 0.15) is 28.8 Å². The van der Waals surface area contributed by atoms with Gasteiger partial charge in [0.1, 0.15) is 23.8 Å². The summed E-state index contributed by atoms with van der Waals surface area (Å²) in [5.41, 5.74) is 1.47. The Morgan fingerprint density at radius 3 is 2.82 bits per heavy atom. The highest BCUT2D eigenvalue weighted by Crippen LogP contribution is 2.26. The van der Waals surface area contributed by atoms with Crippen LogP contribution in [0.2, 0.25) is 0 Å². The number of para-hydroxylation sites is 1. The number of hydrogen-bond acceptors (Lipinski definition) is 4. The minimum Gasteiger partial charge on any atom is -0.485 e. The van der Waals surface area contributed by atoms with Crippen molar-refractivity contribution in [3.05, 3.63) is 65.5 Å². The first-order valence-electron chi connectivity index (χ1n) is 9.81. The van der Waals surface area contributed by atoms with Gasteiger partial charge in [-0.05, 0) is 42.7 Å². The quantitative estimate of drug-likeness (QED) is 0.865. The molecule has 2 aliphatic rings. The molecule has 0 radical (unpaired) electrons. The van der Waals surface area contributed by atoms with Crippen molar-refractivity contribution in [3.8, 4) is 5.75 Å². The Balaban J connectivity index is 1.53.